The molecular formula is C23H18N2. The van der Waals surface area contributed by atoms with E-state index < -0.39 is 0 Å². The summed E-state index contributed by atoms with van der Waals surface area (Å²) in [6.07, 6.45) is 1.70. The van der Waals surface area contributed by atoms with Gasteiger partial charge in [0.15, 0.2) is 0 Å². The van der Waals surface area contributed by atoms with Crippen LogP contribution in [0.3, 0.4) is 0 Å². The molecular weight excluding hydrogens is 304 g/mol. The van der Waals surface area contributed by atoms with Crippen LogP contribution in [-0.4, -0.2) is 9.97 Å². The van der Waals surface area contributed by atoms with Crippen LogP contribution in [0.5, 0.6) is 0 Å². The maximum absolute atomic E-state index is 4.72. The lowest BCUT2D eigenvalue weighted by atomic mass is 9.80. The second-order valence-electron chi connectivity index (χ2n) is 7.15. The monoisotopic (exact) mass is 322 g/mol. The highest BCUT2D eigenvalue weighted by Crippen LogP contribution is 2.52. The van der Waals surface area contributed by atoms with Crippen LogP contribution in [0.25, 0.3) is 33.3 Å². The Morgan fingerprint density at radius 3 is 2.28 bits per heavy atom. The number of benzene rings is 3. The van der Waals surface area contributed by atoms with E-state index in [0.29, 0.717) is 0 Å². The Bertz CT molecular complexity index is 1110. The molecule has 1 aliphatic rings. The second-order valence-corrected chi connectivity index (χ2v) is 7.15. The molecule has 0 atom stereocenters. The molecule has 4 aromatic rings. The Balaban J connectivity index is 1.91. The van der Waals surface area contributed by atoms with Gasteiger partial charge in [0.25, 0.3) is 0 Å². The summed E-state index contributed by atoms with van der Waals surface area (Å²) in [6.45, 7) is 4.56. The van der Waals surface area contributed by atoms with Crippen molar-refractivity contribution >= 4 is 10.8 Å². The van der Waals surface area contributed by atoms with Gasteiger partial charge in [0.2, 0.25) is 0 Å². The minimum Gasteiger partial charge on any atom is -0.236 e. The van der Waals surface area contributed by atoms with E-state index in [4.69, 9.17) is 4.98 Å². The first-order valence-electron chi connectivity index (χ1n) is 8.61. The highest BCUT2D eigenvalue weighted by Gasteiger charge is 2.40. The van der Waals surface area contributed by atoms with Gasteiger partial charge in [-0.1, -0.05) is 80.6 Å². The van der Waals surface area contributed by atoms with Crippen molar-refractivity contribution in [2.24, 2.45) is 0 Å². The van der Waals surface area contributed by atoms with E-state index in [1.165, 1.54) is 27.5 Å². The molecule has 0 saturated carbocycles. The van der Waals surface area contributed by atoms with Crippen LogP contribution in [0, 0.1) is 0 Å². The Kier molecular flexibility index (Phi) is 2.87. The van der Waals surface area contributed by atoms with E-state index in [2.05, 4.69) is 79.5 Å². The largest absolute Gasteiger partial charge is 0.236 e. The van der Waals surface area contributed by atoms with Crippen molar-refractivity contribution in [1.82, 2.24) is 9.97 Å². The fourth-order valence-corrected chi connectivity index (χ4v) is 4.16. The highest BCUT2D eigenvalue weighted by atomic mass is 14.9. The van der Waals surface area contributed by atoms with Crippen molar-refractivity contribution in [3.63, 3.8) is 0 Å². The minimum absolute atomic E-state index is 0.124. The molecule has 5 rings (SSSR count). The van der Waals surface area contributed by atoms with Crippen molar-refractivity contribution in [1.29, 1.82) is 0 Å². The molecule has 1 aromatic heterocycles. The number of nitrogens with zero attached hydrogens (tertiary/aromatic N) is 2. The molecule has 2 heteroatoms. The number of rotatable bonds is 1. The molecule has 0 amide bonds. The summed E-state index contributed by atoms with van der Waals surface area (Å²) in [7, 11) is 0. The standard InChI is InChI=1S/C23H18N2/c1-23(2)18-13-12-15-8-6-7-11-17(15)19(18)22-20(23)21(24-14-25-22)16-9-4-3-5-10-16/h3-14H,1-2H3. The summed E-state index contributed by atoms with van der Waals surface area (Å²) < 4.78 is 0. The van der Waals surface area contributed by atoms with Gasteiger partial charge in [-0.05, 0) is 16.3 Å². The average molecular weight is 322 g/mol. The van der Waals surface area contributed by atoms with Crippen LogP contribution in [0.4, 0.5) is 0 Å². The van der Waals surface area contributed by atoms with E-state index in [9.17, 15) is 0 Å². The van der Waals surface area contributed by atoms with E-state index in [-0.39, 0.29) is 5.41 Å². The number of hydrogen-bond donors (Lipinski definition) is 0. The van der Waals surface area contributed by atoms with Gasteiger partial charge in [-0.3, -0.25) is 0 Å². The first-order valence-corrected chi connectivity index (χ1v) is 8.61. The fourth-order valence-electron chi connectivity index (χ4n) is 4.16. The van der Waals surface area contributed by atoms with Crippen molar-refractivity contribution < 1.29 is 0 Å². The lowest BCUT2D eigenvalue weighted by Gasteiger charge is -2.23. The first kappa shape index (κ1) is 14.4. The molecule has 1 heterocycles. The van der Waals surface area contributed by atoms with Gasteiger partial charge in [0.1, 0.15) is 6.33 Å². The van der Waals surface area contributed by atoms with Crippen LogP contribution < -0.4 is 0 Å². The van der Waals surface area contributed by atoms with E-state index in [0.717, 1.165) is 17.0 Å². The van der Waals surface area contributed by atoms with Crippen molar-refractivity contribution in [2.75, 3.05) is 0 Å². The Morgan fingerprint density at radius 2 is 1.44 bits per heavy atom. The molecule has 25 heavy (non-hydrogen) atoms. The zero-order valence-electron chi connectivity index (χ0n) is 14.3. The topological polar surface area (TPSA) is 25.8 Å². The van der Waals surface area contributed by atoms with Gasteiger partial charge in [-0.15, -0.1) is 0 Å². The van der Waals surface area contributed by atoms with Crippen molar-refractivity contribution in [2.45, 2.75) is 19.3 Å². The van der Waals surface area contributed by atoms with Gasteiger partial charge >= 0.3 is 0 Å². The van der Waals surface area contributed by atoms with E-state index >= 15 is 0 Å². The van der Waals surface area contributed by atoms with Crippen LogP contribution in [0.1, 0.15) is 25.0 Å². The normalized spacial score (nSPS) is 14.3. The summed E-state index contributed by atoms with van der Waals surface area (Å²) >= 11 is 0. The molecule has 0 spiro atoms. The van der Waals surface area contributed by atoms with Crippen LogP contribution in [-0.2, 0) is 5.41 Å². The lowest BCUT2D eigenvalue weighted by Crippen LogP contribution is -2.17. The third-order valence-corrected chi connectivity index (χ3v) is 5.36. The summed E-state index contributed by atoms with van der Waals surface area (Å²) in [5, 5.41) is 2.52. The fraction of sp³-hybridized carbons (Fsp3) is 0.130. The number of fused-ring (bicyclic) bond motifs is 5. The minimum atomic E-state index is -0.124. The van der Waals surface area contributed by atoms with Gasteiger partial charge in [-0.2, -0.15) is 0 Å². The van der Waals surface area contributed by atoms with Gasteiger partial charge in [-0.25, -0.2) is 9.97 Å². The molecule has 1 aliphatic carbocycles. The zero-order valence-corrected chi connectivity index (χ0v) is 14.3. The summed E-state index contributed by atoms with van der Waals surface area (Å²) in [6, 6.07) is 23.5. The third kappa shape index (κ3) is 1.91. The van der Waals surface area contributed by atoms with Crippen molar-refractivity contribution in [3.8, 4) is 22.5 Å². The molecule has 0 fully saturated rings. The van der Waals surface area contributed by atoms with Crippen LogP contribution >= 0.6 is 0 Å². The number of hydrogen-bond acceptors (Lipinski definition) is 2. The van der Waals surface area contributed by atoms with E-state index in [1.807, 2.05) is 6.07 Å². The average Bonchev–Trinajstić information content (AvgIpc) is 2.90. The van der Waals surface area contributed by atoms with Gasteiger partial charge in [0, 0.05) is 22.1 Å². The van der Waals surface area contributed by atoms with Crippen LogP contribution in [0.2, 0.25) is 0 Å². The molecule has 0 radical (unpaired) electrons. The maximum atomic E-state index is 4.72. The van der Waals surface area contributed by atoms with Crippen LogP contribution in [0.15, 0.2) is 73.1 Å². The quantitative estimate of drug-likeness (QED) is 0.455. The molecule has 3 aromatic carbocycles. The molecule has 120 valence electrons. The Hall–Kier alpha value is -3.00. The molecule has 0 aliphatic heterocycles. The molecule has 2 nitrogen and oxygen atoms in total. The van der Waals surface area contributed by atoms with Crippen molar-refractivity contribution in [3.05, 3.63) is 84.2 Å². The lowest BCUT2D eigenvalue weighted by molar-refractivity contribution is 0.658. The van der Waals surface area contributed by atoms with E-state index in [1.54, 1.807) is 6.33 Å². The third-order valence-electron chi connectivity index (χ3n) is 5.36. The molecule has 0 unspecified atom stereocenters. The zero-order chi connectivity index (χ0) is 17.0. The predicted molar refractivity (Wildman–Crippen MR) is 103 cm³/mol. The molecule has 0 N–H and O–H groups in total. The highest BCUT2D eigenvalue weighted by molar-refractivity contribution is 6.02. The molecule has 0 bridgehead atoms. The second kappa shape index (κ2) is 5.00. The maximum Gasteiger partial charge on any atom is 0.116 e. The van der Waals surface area contributed by atoms with Gasteiger partial charge < -0.3 is 0 Å². The molecule has 0 saturated heterocycles. The SMILES string of the molecule is CC1(C)c2ccc3ccccc3c2-c2ncnc(-c3ccccc3)c21. The summed E-state index contributed by atoms with van der Waals surface area (Å²) in [5.41, 5.74) is 6.96. The Morgan fingerprint density at radius 1 is 0.720 bits per heavy atom. The smallest absolute Gasteiger partial charge is 0.116 e. The first-order chi connectivity index (χ1) is 12.2. The Labute approximate surface area is 147 Å². The summed E-state index contributed by atoms with van der Waals surface area (Å²) in [4.78, 5) is 9.39. The number of aromatic nitrogens is 2. The summed E-state index contributed by atoms with van der Waals surface area (Å²) in [5.74, 6) is 0. The van der Waals surface area contributed by atoms with Gasteiger partial charge in [0.05, 0.1) is 11.4 Å². The predicted octanol–water partition coefficient (Wildman–Crippen LogP) is 5.60.